The second-order valence-corrected chi connectivity index (χ2v) is 11.1. The summed E-state index contributed by atoms with van der Waals surface area (Å²) in [6.07, 6.45) is 2.23. The maximum atomic E-state index is 12.4. The zero-order valence-electron chi connectivity index (χ0n) is 17.3. The molecule has 2 N–H and O–H groups in total. The summed E-state index contributed by atoms with van der Waals surface area (Å²) < 4.78 is 28.6. The van der Waals surface area contributed by atoms with Gasteiger partial charge in [0.1, 0.15) is 0 Å². The highest BCUT2D eigenvalue weighted by atomic mass is 32.2. The summed E-state index contributed by atoms with van der Waals surface area (Å²) in [6, 6.07) is 18.0. The number of sulfonamides is 1. The fraction of sp³-hybridized carbons (Fsp3) is 0.217. The fourth-order valence-corrected chi connectivity index (χ4v) is 5.95. The predicted molar refractivity (Wildman–Crippen MR) is 130 cm³/mol. The molecule has 4 rings (SSSR count). The minimum atomic E-state index is -3.60. The van der Waals surface area contributed by atoms with E-state index in [1.165, 1.54) is 29.0 Å². The average molecular weight is 486 g/mol. The number of nitrogens with zero attached hydrogens (tertiary/aromatic N) is 1. The highest BCUT2D eigenvalue weighted by Crippen LogP contribution is 2.22. The predicted octanol–water partition coefficient (Wildman–Crippen LogP) is 4.24. The van der Waals surface area contributed by atoms with E-state index in [1.807, 2.05) is 35.7 Å². The number of amides is 1. The van der Waals surface area contributed by atoms with Crippen LogP contribution in [0.2, 0.25) is 0 Å². The maximum absolute atomic E-state index is 12.4. The highest BCUT2D eigenvalue weighted by Gasteiger charge is 2.14. The molecule has 0 aliphatic heterocycles. The molecule has 2 heterocycles. The second kappa shape index (κ2) is 10.4. The van der Waals surface area contributed by atoms with Gasteiger partial charge in [0.2, 0.25) is 10.0 Å². The van der Waals surface area contributed by atoms with Gasteiger partial charge in [-0.05, 0) is 60.7 Å². The summed E-state index contributed by atoms with van der Waals surface area (Å²) in [6.45, 7) is 0.860. The average Bonchev–Trinajstić information content (AvgIpc) is 3.46. The lowest BCUT2D eigenvalue weighted by atomic mass is 10.2. The molecule has 0 fully saturated rings. The van der Waals surface area contributed by atoms with E-state index in [0.717, 1.165) is 28.2 Å². The first-order valence-electron chi connectivity index (χ1n) is 10.3. The van der Waals surface area contributed by atoms with E-state index in [2.05, 4.69) is 21.1 Å². The van der Waals surface area contributed by atoms with Gasteiger partial charge in [-0.2, -0.15) is 0 Å². The SMILES string of the molecule is O=C(NCCCc1nc2ccccc2s1)c1ccc(S(=O)(=O)NCCc2cccs2)cc1. The van der Waals surface area contributed by atoms with Crippen molar-refractivity contribution in [1.82, 2.24) is 15.0 Å². The molecular formula is C23H23N3O3S3. The van der Waals surface area contributed by atoms with Crippen molar-refractivity contribution in [3.63, 3.8) is 0 Å². The minimum Gasteiger partial charge on any atom is -0.352 e. The quantitative estimate of drug-likeness (QED) is 0.329. The number of thiophene rings is 1. The first-order chi connectivity index (χ1) is 15.5. The number of thiazole rings is 1. The number of hydrogen-bond acceptors (Lipinski definition) is 6. The standard InChI is InChI=1S/C23H23N3O3S3/c27-23(24-14-3-8-22-26-20-6-1-2-7-21(20)31-22)17-9-11-19(12-10-17)32(28,29)25-15-13-18-5-4-16-30-18/h1-2,4-7,9-12,16,25H,3,8,13-15H2,(H,24,27). The molecule has 9 heteroatoms. The van der Waals surface area contributed by atoms with Crippen LogP contribution in [-0.2, 0) is 22.9 Å². The summed E-state index contributed by atoms with van der Waals surface area (Å²) in [5.74, 6) is -0.219. The van der Waals surface area contributed by atoms with E-state index < -0.39 is 10.0 Å². The fourth-order valence-electron chi connectivity index (χ4n) is 3.20. The number of aromatic nitrogens is 1. The third-order valence-corrected chi connectivity index (χ3v) is 8.37. The lowest BCUT2D eigenvalue weighted by molar-refractivity contribution is 0.0953. The van der Waals surface area contributed by atoms with Crippen molar-refractivity contribution in [3.8, 4) is 0 Å². The molecule has 0 atom stereocenters. The van der Waals surface area contributed by atoms with Gasteiger partial charge >= 0.3 is 0 Å². The number of benzene rings is 2. The monoisotopic (exact) mass is 485 g/mol. The summed E-state index contributed by atoms with van der Waals surface area (Å²) in [5, 5.41) is 5.91. The Morgan fingerprint density at radius 1 is 0.938 bits per heavy atom. The first-order valence-corrected chi connectivity index (χ1v) is 13.4. The Morgan fingerprint density at radius 3 is 2.50 bits per heavy atom. The third kappa shape index (κ3) is 5.80. The largest absolute Gasteiger partial charge is 0.352 e. The second-order valence-electron chi connectivity index (χ2n) is 7.19. The Kier molecular flexibility index (Phi) is 7.31. The molecule has 0 saturated heterocycles. The molecule has 2 aromatic heterocycles. The van der Waals surface area contributed by atoms with Crippen molar-refractivity contribution in [2.24, 2.45) is 0 Å². The number of carbonyl (C=O) groups excluding carboxylic acids is 1. The molecule has 0 spiro atoms. The van der Waals surface area contributed by atoms with Crippen LogP contribution in [0.4, 0.5) is 0 Å². The number of rotatable bonds is 10. The molecule has 0 saturated carbocycles. The molecule has 6 nitrogen and oxygen atoms in total. The summed E-state index contributed by atoms with van der Waals surface area (Å²) >= 11 is 3.27. The van der Waals surface area contributed by atoms with Crippen molar-refractivity contribution in [1.29, 1.82) is 0 Å². The van der Waals surface area contributed by atoms with Crippen LogP contribution in [-0.4, -0.2) is 32.4 Å². The molecule has 0 bridgehead atoms. The summed E-state index contributed by atoms with van der Waals surface area (Å²) in [7, 11) is -3.60. The molecule has 4 aromatic rings. The van der Waals surface area contributed by atoms with Crippen molar-refractivity contribution >= 4 is 48.8 Å². The molecule has 0 aliphatic carbocycles. The molecule has 0 aliphatic rings. The van der Waals surface area contributed by atoms with E-state index in [0.29, 0.717) is 25.1 Å². The Bertz CT molecular complexity index is 1250. The Balaban J connectivity index is 1.24. The van der Waals surface area contributed by atoms with Crippen LogP contribution in [0.25, 0.3) is 10.2 Å². The van der Waals surface area contributed by atoms with Gasteiger partial charge in [-0.15, -0.1) is 22.7 Å². The number of para-hydroxylation sites is 1. The number of fused-ring (bicyclic) bond motifs is 1. The molecule has 1 amide bonds. The van der Waals surface area contributed by atoms with Crippen LogP contribution in [0.5, 0.6) is 0 Å². The Morgan fingerprint density at radius 2 is 1.75 bits per heavy atom. The third-order valence-electron chi connectivity index (χ3n) is 4.86. The van der Waals surface area contributed by atoms with Gasteiger partial charge in [0, 0.05) is 30.0 Å². The van der Waals surface area contributed by atoms with Crippen molar-refractivity contribution < 1.29 is 13.2 Å². The van der Waals surface area contributed by atoms with Crippen molar-refractivity contribution in [3.05, 3.63) is 81.5 Å². The van der Waals surface area contributed by atoms with Gasteiger partial charge in [0.15, 0.2) is 0 Å². The van der Waals surface area contributed by atoms with Gasteiger partial charge in [-0.25, -0.2) is 18.1 Å². The van der Waals surface area contributed by atoms with Gasteiger partial charge in [0.05, 0.1) is 20.1 Å². The summed E-state index contributed by atoms with van der Waals surface area (Å²) in [5.41, 5.74) is 1.44. The van der Waals surface area contributed by atoms with Crippen LogP contribution in [0.3, 0.4) is 0 Å². The molecular weight excluding hydrogens is 462 g/mol. The molecule has 0 radical (unpaired) electrons. The Hall–Kier alpha value is -2.59. The van der Waals surface area contributed by atoms with Gasteiger partial charge in [0.25, 0.3) is 5.91 Å². The number of hydrogen-bond donors (Lipinski definition) is 2. The molecule has 32 heavy (non-hydrogen) atoms. The molecule has 0 unspecified atom stereocenters. The lowest BCUT2D eigenvalue weighted by Gasteiger charge is -2.08. The van der Waals surface area contributed by atoms with Gasteiger partial charge < -0.3 is 5.32 Å². The van der Waals surface area contributed by atoms with Gasteiger partial charge in [-0.3, -0.25) is 4.79 Å². The summed E-state index contributed by atoms with van der Waals surface area (Å²) in [4.78, 5) is 18.2. The van der Waals surface area contributed by atoms with E-state index in [4.69, 9.17) is 0 Å². The smallest absolute Gasteiger partial charge is 0.251 e. The van der Waals surface area contributed by atoms with Crippen LogP contribution >= 0.6 is 22.7 Å². The van der Waals surface area contributed by atoms with E-state index in [1.54, 1.807) is 22.7 Å². The van der Waals surface area contributed by atoms with Crippen molar-refractivity contribution in [2.45, 2.75) is 24.2 Å². The number of nitrogens with one attached hydrogen (secondary N) is 2. The van der Waals surface area contributed by atoms with Crippen LogP contribution in [0, 0.1) is 0 Å². The molecule has 166 valence electrons. The highest BCUT2D eigenvalue weighted by molar-refractivity contribution is 7.89. The zero-order valence-corrected chi connectivity index (χ0v) is 19.7. The number of carbonyl (C=O) groups is 1. The van der Waals surface area contributed by atoms with Gasteiger partial charge in [-0.1, -0.05) is 18.2 Å². The van der Waals surface area contributed by atoms with Crippen molar-refractivity contribution in [2.75, 3.05) is 13.1 Å². The zero-order chi connectivity index (χ0) is 22.4. The molecule has 2 aromatic carbocycles. The topological polar surface area (TPSA) is 88.2 Å². The van der Waals surface area contributed by atoms with E-state index in [9.17, 15) is 13.2 Å². The number of aryl methyl sites for hydroxylation is 1. The Labute approximate surface area is 195 Å². The van der Waals surface area contributed by atoms with E-state index >= 15 is 0 Å². The van der Waals surface area contributed by atoms with Crippen LogP contribution in [0.15, 0.2) is 70.9 Å². The minimum absolute atomic E-state index is 0.149. The lowest BCUT2D eigenvalue weighted by Crippen LogP contribution is -2.26. The van der Waals surface area contributed by atoms with Crippen LogP contribution in [0.1, 0.15) is 26.7 Å². The maximum Gasteiger partial charge on any atom is 0.251 e. The normalized spacial score (nSPS) is 11.6. The first kappa shape index (κ1) is 22.6. The van der Waals surface area contributed by atoms with E-state index in [-0.39, 0.29) is 10.8 Å². The van der Waals surface area contributed by atoms with Crippen LogP contribution < -0.4 is 10.0 Å².